The van der Waals surface area contributed by atoms with Crippen LogP contribution in [0.3, 0.4) is 0 Å². The molecule has 4 rings (SSSR count). The van der Waals surface area contributed by atoms with Crippen molar-refractivity contribution in [3.63, 3.8) is 0 Å². The topological polar surface area (TPSA) is 107 Å². The third-order valence-corrected chi connectivity index (χ3v) is 4.68. The van der Waals surface area contributed by atoms with Crippen LogP contribution in [0.4, 0.5) is 4.39 Å². The van der Waals surface area contributed by atoms with Crippen molar-refractivity contribution in [3.8, 4) is 17.0 Å². The summed E-state index contributed by atoms with van der Waals surface area (Å²) in [4.78, 5) is 20.7. The minimum atomic E-state index is -0.578. The van der Waals surface area contributed by atoms with E-state index in [1.54, 1.807) is 35.0 Å². The number of rotatable bonds is 5. The molecule has 0 aliphatic heterocycles. The molecule has 9 nitrogen and oxygen atoms in total. The van der Waals surface area contributed by atoms with Gasteiger partial charge in [0.15, 0.2) is 11.6 Å². The van der Waals surface area contributed by atoms with Gasteiger partial charge in [-0.2, -0.15) is 10.1 Å². The van der Waals surface area contributed by atoms with Crippen LogP contribution in [0.15, 0.2) is 41.3 Å². The Morgan fingerprint density at radius 2 is 2.06 bits per heavy atom. The van der Waals surface area contributed by atoms with Crippen molar-refractivity contribution >= 4 is 23.8 Å². The zero-order valence-electron chi connectivity index (χ0n) is 17.9. The van der Waals surface area contributed by atoms with Crippen LogP contribution in [0.2, 0.25) is 0 Å². The number of halogens is 2. The van der Waals surface area contributed by atoms with E-state index < -0.39 is 11.7 Å². The van der Waals surface area contributed by atoms with Crippen molar-refractivity contribution < 1.29 is 18.4 Å². The van der Waals surface area contributed by atoms with Gasteiger partial charge in [0.25, 0.3) is 11.7 Å². The number of aromatic nitrogens is 5. The fourth-order valence-corrected chi connectivity index (χ4v) is 3.09. The molecule has 0 saturated heterocycles. The second kappa shape index (κ2) is 8.91. The lowest BCUT2D eigenvalue weighted by molar-refractivity contribution is 0.0937. The van der Waals surface area contributed by atoms with Gasteiger partial charge in [-0.1, -0.05) is 32.0 Å². The maximum Gasteiger partial charge on any atom is 0.292 e. The third-order valence-electron chi connectivity index (χ3n) is 4.68. The minimum absolute atomic E-state index is 0. The summed E-state index contributed by atoms with van der Waals surface area (Å²) in [6.07, 6.45) is 3.11. The standard InChI is InChI=1S/C21H21FN6O3.ClH/c1-21(2,3)20-26-18(27-31-20)19(29)23-10-12-7-8-13(15(22)17(12)30-4)16-14-6-5-9-28(14)25-11-24-16;/h5-9,11H,10H2,1-4H3,(H,23,29);1H. The van der Waals surface area contributed by atoms with Gasteiger partial charge in [-0.15, -0.1) is 12.4 Å². The fraction of sp³-hybridized carbons (Fsp3) is 0.286. The Morgan fingerprint density at radius 1 is 1.28 bits per heavy atom. The van der Waals surface area contributed by atoms with Crippen LogP contribution < -0.4 is 10.1 Å². The SMILES string of the molecule is COc1c(CNC(=O)c2noc(C(C)(C)C)n2)ccc(-c2ncnn3cccc23)c1F.Cl. The van der Waals surface area contributed by atoms with Crippen LogP contribution in [-0.4, -0.2) is 37.8 Å². The van der Waals surface area contributed by atoms with Crippen molar-refractivity contribution in [1.29, 1.82) is 0 Å². The zero-order valence-corrected chi connectivity index (χ0v) is 18.7. The molecule has 0 saturated carbocycles. The molecule has 0 aliphatic carbocycles. The number of carbonyl (C=O) groups excluding carboxylic acids is 1. The van der Waals surface area contributed by atoms with E-state index in [1.165, 1.54) is 13.4 Å². The number of hydrogen-bond acceptors (Lipinski definition) is 7. The van der Waals surface area contributed by atoms with E-state index in [0.717, 1.165) is 0 Å². The van der Waals surface area contributed by atoms with Crippen molar-refractivity contribution in [2.24, 2.45) is 0 Å². The van der Waals surface area contributed by atoms with Crippen LogP contribution in [0, 0.1) is 5.82 Å². The number of amides is 1. The maximum atomic E-state index is 15.3. The van der Waals surface area contributed by atoms with Crippen molar-refractivity contribution in [2.45, 2.75) is 32.7 Å². The molecule has 0 aliphatic rings. The molecule has 0 fully saturated rings. The molecule has 1 N–H and O–H groups in total. The molecule has 1 aromatic carbocycles. The average molecular weight is 461 g/mol. The summed E-state index contributed by atoms with van der Waals surface area (Å²) >= 11 is 0. The third kappa shape index (κ3) is 4.26. The van der Waals surface area contributed by atoms with Gasteiger partial charge in [0.1, 0.15) is 12.0 Å². The van der Waals surface area contributed by atoms with Crippen LogP contribution in [-0.2, 0) is 12.0 Å². The van der Waals surface area contributed by atoms with Gasteiger partial charge in [-0.3, -0.25) is 4.79 Å². The van der Waals surface area contributed by atoms with Gasteiger partial charge in [-0.05, 0) is 18.2 Å². The Morgan fingerprint density at radius 3 is 2.75 bits per heavy atom. The number of fused-ring (bicyclic) bond motifs is 1. The fourth-order valence-electron chi connectivity index (χ4n) is 3.09. The highest BCUT2D eigenvalue weighted by Gasteiger charge is 2.24. The number of ether oxygens (including phenoxy) is 1. The first-order valence-corrected chi connectivity index (χ1v) is 9.56. The highest BCUT2D eigenvalue weighted by molar-refractivity contribution is 5.90. The van der Waals surface area contributed by atoms with Crippen molar-refractivity contribution in [3.05, 3.63) is 59.9 Å². The van der Waals surface area contributed by atoms with E-state index in [2.05, 4.69) is 25.5 Å². The van der Waals surface area contributed by atoms with E-state index in [9.17, 15) is 4.79 Å². The highest BCUT2D eigenvalue weighted by atomic mass is 35.5. The summed E-state index contributed by atoms with van der Waals surface area (Å²) in [5, 5.41) is 10.5. The lowest BCUT2D eigenvalue weighted by Gasteiger charge is -2.13. The number of hydrogen-bond donors (Lipinski definition) is 1. The van der Waals surface area contributed by atoms with E-state index in [0.29, 0.717) is 22.7 Å². The number of benzene rings is 1. The molecule has 0 spiro atoms. The summed E-state index contributed by atoms with van der Waals surface area (Å²) < 4.78 is 27.3. The predicted molar refractivity (Wildman–Crippen MR) is 116 cm³/mol. The molecule has 168 valence electrons. The normalized spacial score (nSPS) is 11.3. The number of methoxy groups -OCH3 is 1. The molecule has 1 amide bonds. The monoisotopic (exact) mass is 460 g/mol. The van der Waals surface area contributed by atoms with Crippen LogP contribution >= 0.6 is 12.4 Å². The first-order valence-electron chi connectivity index (χ1n) is 9.56. The van der Waals surface area contributed by atoms with E-state index in [1.807, 2.05) is 20.8 Å². The smallest absolute Gasteiger partial charge is 0.292 e. The summed E-state index contributed by atoms with van der Waals surface area (Å²) in [5.74, 6) is -0.823. The lowest BCUT2D eigenvalue weighted by Crippen LogP contribution is -2.24. The Balaban J connectivity index is 0.00000289. The van der Waals surface area contributed by atoms with Gasteiger partial charge in [0.2, 0.25) is 5.89 Å². The van der Waals surface area contributed by atoms with Gasteiger partial charge in [0, 0.05) is 29.3 Å². The molecule has 0 radical (unpaired) electrons. The summed E-state index contributed by atoms with van der Waals surface area (Å²) in [6.45, 7) is 5.72. The van der Waals surface area contributed by atoms with Gasteiger partial charge in [-0.25, -0.2) is 13.9 Å². The van der Waals surface area contributed by atoms with Crippen LogP contribution in [0.1, 0.15) is 42.8 Å². The Kier molecular flexibility index (Phi) is 6.45. The first-order chi connectivity index (χ1) is 14.8. The molecule has 0 atom stereocenters. The maximum absolute atomic E-state index is 15.3. The van der Waals surface area contributed by atoms with Crippen LogP contribution in [0.5, 0.6) is 5.75 Å². The van der Waals surface area contributed by atoms with Crippen molar-refractivity contribution in [2.75, 3.05) is 7.11 Å². The van der Waals surface area contributed by atoms with E-state index in [-0.39, 0.29) is 41.5 Å². The summed E-state index contributed by atoms with van der Waals surface area (Å²) in [6, 6.07) is 6.87. The van der Waals surface area contributed by atoms with E-state index >= 15 is 4.39 Å². The number of carbonyl (C=O) groups is 1. The minimum Gasteiger partial charge on any atom is -0.493 e. The molecule has 4 aromatic rings. The zero-order chi connectivity index (χ0) is 22.2. The van der Waals surface area contributed by atoms with Gasteiger partial charge < -0.3 is 14.6 Å². The first kappa shape index (κ1) is 23.1. The summed E-state index contributed by atoms with van der Waals surface area (Å²) in [7, 11) is 1.37. The molecule has 3 aromatic heterocycles. The molecule has 3 heterocycles. The van der Waals surface area contributed by atoms with Gasteiger partial charge >= 0.3 is 0 Å². The quantitative estimate of drug-likeness (QED) is 0.485. The molecule has 0 unspecified atom stereocenters. The van der Waals surface area contributed by atoms with Gasteiger partial charge in [0.05, 0.1) is 12.6 Å². The van der Waals surface area contributed by atoms with Crippen LogP contribution in [0.25, 0.3) is 16.8 Å². The molecule has 32 heavy (non-hydrogen) atoms. The predicted octanol–water partition coefficient (Wildman–Crippen LogP) is 3.58. The second-order valence-corrected chi connectivity index (χ2v) is 7.92. The average Bonchev–Trinajstić information content (AvgIpc) is 3.41. The number of nitrogens with one attached hydrogen (secondary N) is 1. The Labute approximate surface area is 189 Å². The van der Waals surface area contributed by atoms with E-state index in [4.69, 9.17) is 9.26 Å². The second-order valence-electron chi connectivity index (χ2n) is 7.92. The lowest BCUT2D eigenvalue weighted by atomic mass is 9.97. The Bertz CT molecular complexity index is 1260. The molecule has 11 heteroatoms. The molecular formula is C21H22ClFN6O3. The highest BCUT2D eigenvalue weighted by Crippen LogP contribution is 2.33. The van der Waals surface area contributed by atoms with Crippen molar-refractivity contribution in [1.82, 2.24) is 30.1 Å². The number of nitrogens with zero attached hydrogens (tertiary/aromatic N) is 5. The summed E-state index contributed by atoms with van der Waals surface area (Å²) in [5.41, 5.74) is 1.45. The Hall–Kier alpha value is -3.53. The molecular weight excluding hydrogens is 439 g/mol. The largest absolute Gasteiger partial charge is 0.493 e. The molecule has 0 bridgehead atoms.